The van der Waals surface area contributed by atoms with Gasteiger partial charge in [-0.25, -0.2) is 0 Å². The molecule has 6 heteroatoms. The fraction of sp³-hybridized carbons (Fsp3) is 0.353. The van der Waals surface area contributed by atoms with Crippen LogP contribution in [0.1, 0.15) is 12.8 Å². The number of aromatic nitrogens is 1. The Morgan fingerprint density at radius 3 is 2.52 bits per heavy atom. The highest BCUT2D eigenvalue weighted by molar-refractivity contribution is 5.93. The van der Waals surface area contributed by atoms with Crippen molar-refractivity contribution in [1.82, 2.24) is 9.88 Å². The first-order valence-electron chi connectivity index (χ1n) is 7.72. The first-order chi connectivity index (χ1) is 11.1. The molecule has 0 atom stereocenters. The molecule has 0 aliphatic carbocycles. The lowest BCUT2D eigenvalue weighted by Gasteiger charge is -2.36. The summed E-state index contributed by atoms with van der Waals surface area (Å²) in [4.78, 5) is 30.8. The SMILES string of the molecule is O=C(O)CCC(=O)N1CCN(c2cncc3ccccc23)CC1. The largest absolute Gasteiger partial charge is 0.481 e. The van der Waals surface area contributed by atoms with E-state index >= 15 is 0 Å². The van der Waals surface area contributed by atoms with E-state index in [0.717, 1.165) is 29.5 Å². The number of anilines is 1. The molecule has 1 aliphatic heterocycles. The van der Waals surface area contributed by atoms with Crippen molar-refractivity contribution in [3.63, 3.8) is 0 Å². The molecule has 1 aliphatic rings. The van der Waals surface area contributed by atoms with E-state index in [9.17, 15) is 9.59 Å². The van der Waals surface area contributed by atoms with Crippen molar-refractivity contribution in [1.29, 1.82) is 0 Å². The lowest BCUT2D eigenvalue weighted by atomic mass is 10.1. The molecule has 3 rings (SSSR count). The number of nitrogens with zero attached hydrogens (tertiary/aromatic N) is 3. The third-order valence-corrected chi connectivity index (χ3v) is 4.17. The van der Waals surface area contributed by atoms with E-state index in [2.05, 4.69) is 16.0 Å². The van der Waals surface area contributed by atoms with Crippen LogP contribution in [0.25, 0.3) is 10.8 Å². The molecule has 1 N–H and O–H groups in total. The smallest absolute Gasteiger partial charge is 0.303 e. The second-order valence-electron chi connectivity index (χ2n) is 5.64. The lowest BCUT2D eigenvalue weighted by Crippen LogP contribution is -2.48. The van der Waals surface area contributed by atoms with Crippen LogP contribution in [0.15, 0.2) is 36.7 Å². The molecule has 120 valence electrons. The second-order valence-corrected chi connectivity index (χ2v) is 5.64. The zero-order valence-corrected chi connectivity index (χ0v) is 12.8. The molecule has 0 bridgehead atoms. The average molecular weight is 313 g/mol. The van der Waals surface area contributed by atoms with Gasteiger partial charge >= 0.3 is 5.97 Å². The van der Waals surface area contributed by atoms with Crippen LogP contribution in [0, 0.1) is 0 Å². The summed E-state index contributed by atoms with van der Waals surface area (Å²) >= 11 is 0. The summed E-state index contributed by atoms with van der Waals surface area (Å²) in [5, 5.41) is 10.9. The molecule has 0 unspecified atom stereocenters. The number of benzene rings is 1. The van der Waals surface area contributed by atoms with Gasteiger partial charge in [0, 0.05) is 49.6 Å². The topological polar surface area (TPSA) is 73.7 Å². The number of carboxylic acids is 1. The molecule has 6 nitrogen and oxygen atoms in total. The Morgan fingerprint density at radius 1 is 1.04 bits per heavy atom. The minimum atomic E-state index is -0.932. The highest BCUT2D eigenvalue weighted by atomic mass is 16.4. The van der Waals surface area contributed by atoms with E-state index in [4.69, 9.17) is 5.11 Å². The van der Waals surface area contributed by atoms with Crippen LogP contribution in [0.3, 0.4) is 0 Å². The van der Waals surface area contributed by atoms with E-state index in [0.29, 0.717) is 13.1 Å². The average Bonchev–Trinajstić information content (AvgIpc) is 2.59. The highest BCUT2D eigenvalue weighted by Gasteiger charge is 2.22. The normalized spacial score (nSPS) is 15.0. The molecule has 2 aromatic rings. The molecule has 0 radical (unpaired) electrons. The van der Waals surface area contributed by atoms with Crippen molar-refractivity contribution in [3.8, 4) is 0 Å². The lowest BCUT2D eigenvalue weighted by molar-refractivity contribution is -0.141. The second kappa shape index (κ2) is 6.64. The van der Waals surface area contributed by atoms with E-state index in [-0.39, 0.29) is 18.7 Å². The number of piperazine rings is 1. The standard InChI is InChI=1S/C17H19N3O3/c21-16(5-6-17(22)23)20-9-7-19(8-10-20)15-12-18-11-13-3-1-2-4-14(13)15/h1-4,11-12H,5-10H2,(H,22,23). The zero-order valence-electron chi connectivity index (χ0n) is 12.8. The summed E-state index contributed by atoms with van der Waals surface area (Å²) in [6.07, 6.45) is 3.69. The summed E-state index contributed by atoms with van der Waals surface area (Å²) < 4.78 is 0. The van der Waals surface area contributed by atoms with E-state index in [1.807, 2.05) is 30.6 Å². The van der Waals surface area contributed by atoms with Crippen LogP contribution in [0.5, 0.6) is 0 Å². The maximum atomic E-state index is 12.0. The van der Waals surface area contributed by atoms with Crippen molar-refractivity contribution in [2.45, 2.75) is 12.8 Å². The monoisotopic (exact) mass is 313 g/mol. The maximum absolute atomic E-state index is 12.0. The number of carbonyl (C=O) groups is 2. The van der Waals surface area contributed by atoms with Crippen molar-refractivity contribution < 1.29 is 14.7 Å². The quantitative estimate of drug-likeness (QED) is 0.931. The third-order valence-electron chi connectivity index (χ3n) is 4.17. The number of pyridine rings is 1. The van der Waals surface area contributed by atoms with Gasteiger partial charge in [0.1, 0.15) is 0 Å². The molecule has 1 aromatic carbocycles. The van der Waals surface area contributed by atoms with Crippen molar-refractivity contribution in [2.75, 3.05) is 31.1 Å². The Hall–Kier alpha value is -2.63. The van der Waals surface area contributed by atoms with Crippen LogP contribution < -0.4 is 4.90 Å². The minimum absolute atomic E-state index is 0.0746. The Kier molecular flexibility index (Phi) is 4.41. The minimum Gasteiger partial charge on any atom is -0.481 e. The number of fused-ring (bicyclic) bond motifs is 1. The fourth-order valence-electron chi connectivity index (χ4n) is 2.92. The van der Waals surface area contributed by atoms with E-state index in [1.54, 1.807) is 4.90 Å². The number of amides is 1. The fourth-order valence-corrected chi connectivity index (χ4v) is 2.92. The first-order valence-corrected chi connectivity index (χ1v) is 7.72. The molecule has 1 amide bonds. The Morgan fingerprint density at radius 2 is 1.78 bits per heavy atom. The molecular weight excluding hydrogens is 294 g/mol. The summed E-state index contributed by atoms with van der Waals surface area (Å²) in [7, 11) is 0. The van der Waals surface area contributed by atoms with Crippen LogP contribution in [0.2, 0.25) is 0 Å². The number of rotatable bonds is 4. The van der Waals surface area contributed by atoms with E-state index in [1.165, 1.54) is 0 Å². The van der Waals surface area contributed by atoms with Crippen molar-refractivity contribution >= 4 is 28.3 Å². The van der Waals surface area contributed by atoms with Crippen molar-refractivity contribution in [3.05, 3.63) is 36.7 Å². The third kappa shape index (κ3) is 3.41. The first kappa shape index (κ1) is 15.3. The van der Waals surface area contributed by atoms with Gasteiger partial charge in [-0.15, -0.1) is 0 Å². The van der Waals surface area contributed by atoms with Gasteiger partial charge in [0.25, 0.3) is 0 Å². The number of carboxylic acid groups (broad SMARTS) is 1. The summed E-state index contributed by atoms with van der Waals surface area (Å²) in [5.74, 6) is -1.01. The van der Waals surface area contributed by atoms with Gasteiger partial charge in [0.05, 0.1) is 18.3 Å². The predicted octanol–water partition coefficient (Wildman–Crippen LogP) is 1.75. The molecule has 0 saturated carbocycles. The molecule has 1 aromatic heterocycles. The van der Waals surface area contributed by atoms with Gasteiger partial charge in [-0.1, -0.05) is 24.3 Å². The summed E-state index contributed by atoms with van der Waals surface area (Å²) in [6.45, 7) is 2.69. The predicted molar refractivity (Wildman–Crippen MR) is 87.4 cm³/mol. The molecule has 2 heterocycles. The van der Waals surface area contributed by atoms with Gasteiger partial charge in [-0.3, -0.25) is 14.6 Å². The van der Waals surface area contributed by atoms with Gasteiger partial charge < -0.3 is 14.9 Å². The van der Waals surface area contributed by atoms with Crippen LogP contribution in [0.4, 0.5) is 5.69 Å². The summed E-state index contributed by atoms with van der Waals surface area (Å²) in [5.41, 5.74) is 1.08. The molecule has 1 fully saturated rings. The van der Waals surface area contributed by atoms with Crippen LogP contribution in [-0.4, -0.2) is 53.0 Å². The summed E-state index contributed by atoms with van der Waals surface area (Å²) in [6, 6.07) is 8.12. The molecule has 23 heavy (non-hydrogen) atoms. The van der Waals surface area contributed by atoms with Crippen LogP contribution >= 0.6 is 0 Å². The molecular formula is C17H19N3O3. The van der Waals surface area contributed by atoms with Gasteiger partial charge in [-0.2, -0.15) is 0 Å². The molecule has 1 saturated heterocycles. The number of aliphatic carboxylic acids is 1. The number of hydrogen-bond acceptors (Lipinski definition) is 4. The molecule has 0 spiro atoms. The van der Waals surface area contributed by atoms with Crippen molar-refractivity contribution in [2.24, 2.45) is 0 Å². The van der Waals surface area contributed by atoms with Crippen LogP contribution in [-0.2, 0) is 9.59 Å². The van der Waals surface area contributed by atoms with E-state index < -0.39 is 5.97 Å². The van der Waals surface area contributed by atoms with Gasteiger partial charge in [-0.05, 0) is 0 Å². The highest BCUT2D eigenvalue weighted by Crippen LogP contribution is 2.26. The Labute approximate surface area is 134 Å². The Balaban J connectivity index is 1.66. The van der Waals surface area contributed by atoms with Gasteiger partial charge in [0.15, 0.2) is 0 Å². The van der Waals surface area contributed by atoms with Gasteiger partial charge in [0.2, 0.25) is 5.91 Å². The maximum Gasteiger partial charge on any atom is 0.303 e. The number of hydrogen-bond donors (Lipinski definition) is 1. The number of carbonyl (C=O) groups excluding carboxylic acids is 1. The zero-order chi connectivity index (χ0) is 16.2. The Bertz CT molecular complexity index is 719.